The first-order valence-corrected chi connectivity index (χ1v) is 4.63. The van der Waals surface area contributed by atoms with E-state index in [-0.39, 0.29) is 4.60 Å². The lowest BCUT2D eigenvalue weighted by Crippen LogP contribution is -2.23. The molecular weight excluding hydrogens is 257 g/mol. The number of nitro groups is 1. The summed E-state index contributed by atoms with van der Waals surface area (Å²) in [6, 6.07) is 0. The van der Waals surface area contributed by atoms with E-state index in [9.17, 15) is 14.5 Å². The van der Waals surface area contributed by atoms with Crippen LogP contribution in [0, 0.1) is 16.1 Å². The van der Waals surface area contributed by atoms with Crippen LogP contribution in [-0.2, 0) is 5.54 Å². The highest BCUT2D eigenvalue weighted by atomic mass is 79.9. The van der Waals surface area contributed by atoms with E-state index in [2.05, 4.69) is 21.0 Å². The molecule has 0 saturated carbocycles. The molecule has 5 nitrogen and oxygen atoms in total. The van der Waals surface area contributed by atoms with Crippen LogP contribution in [0.4, 0.5) is 10.1 Å². The summed E-state index contributed by atoms with van der Waals surface area (Å²) >= 11 is 2.96. The van der Waals surface area contributed by atoms with Gasteiger partial charge >= 0.3 is 11.6 Å². The molecule has 0 radical (unpaired) electrons. The molecule has 7 heteroatoms. The predicted molar refractivity (Wildman–Crippen MR) is 51.5 cm³/mol. The van der Waals surface area contributed by atoms with Crippen LogP contribution in [0.3, 0.4) is 0 Å². The number of halogens is 2. The maximum Gasteiger partial charge on any atom is 0.357 e. The molecular formula is C7H9BrFN3O2. The molecule has 1 aromatic rings. The van der Waals surface area contributed by atoms with Crippen LogP contribution < -0.4 is 0 Å². The molecule has 1 heterocycles. The molecule has 1 rings (SSSR count). The van der Waals surface area contributed by atoms with Gasteiger partial charge in [0, 0.05) is 0 Å². The monoisotopic (exact) mass is 265 g/mol. The van der Waals surface area contributed by atoms with Gasteiger partial charge in [-0.25, -0.2) is 4.68 Å². The predicted octanol–water partition coefficient (Wildman–Crippen LogP) is 2.45. The molecule has 0 amide bonds. The molecule has 14 heavy (non-hydrogen) atoms. The lowest BCUT2D eigenvalue weighted by Gasteiger charge is -2.19. The highest BCUT2D eigenvalue weighted by Gasteiger charge is 2.30. The molecule has 0 aliphatic carbocycles. The van der Waals surface area contributed by atoms with Crippen molar-refractivity contribution in [2.24, 2.45) is 0 Å². The first-order valence-electron chi connectivity index (χ1n) is 3.84. The van der Waals surface area contributed by atoms with Crippen molar-refractivity contribution in [3.63, 3.8) is 0 Å². The molecule has 0 unspecified atom stereocenters. The maximum absolute atomic E-state index is 13.0. The second-order valence-corrected chi connectivity index (χ2v) is 4.52. The van der Waals surface area contributed by atoms with Crippen molar-refractivity contribution >= 4 is 21.6 Å². The minimum Gasteiger partial charge on any atom is -0.258 e. The van der Waals surface area contributed by atoms with Gasteiger partial charge in [0.1, 0.15) is 0 Å². The van der Waals surface area contributed by atoms with E-state index in [0.717, 1.165) is 0 Å². The Morgan fingerprint density at radius 2 is 2.07 bits per heavy atom. The van der Waals surface area contributed by atoms with E-state index in [1.54, 1.807) is 20.8 Å². The summed E-state index contributed by atoms with van der Waals surface area (Å²) in [7, 11) is 0. The third-order valence-corrected chi connectivity index (χ3v) is 2.29. The largest absolute Gasteiger partial charge is 0.357 e. The second kappa shape index (κ2) is 3.30. The van der Waals surface area contributed by atoms with Crippen molar-refractivity contribution in [1.29, 1.82) is 0 Å². The zero-order chi connectivity index (χ0) is 11.1. The summed E-state index contributed by atoms with van der Waals surface area (Å²) in [5.41, 5.74) is -1.13. The molecule has 0 spiro atoms. The van der Waals surface area contributed by atoms with Crippen LogP contribution in [0.1, 0.15) is 20.8 Å². The van der Waals surface area contributed by atoms with E-state index in [1.807, 2.05) is 0 Å². The standard InChI is InChI=1S/C7H9BrFN3O2/c1-7(2,3)11-5(8)4(12(13)14)6(9)10-11/h1-3H3. The van der Waals surface area contributed by atoms with Crippen molar-refractivity contribution in [2.75, 3.05) is 0 Å². The van der Waals surface area contributed by atoms with Crippen molar-refractivity contribution in [3.8, 4) is 0 Å². The maximum atomic E-state index is 13.0. The smallest absolute Gasteiger partial charge is 0.258 e. The summed E-state index contributed by atoms with van der Waals surface area (Å²) in [5, 5.41) is 13.9. The van der Waals surface area contributed by atoms with Gasteiger partial charge in [-0.05, 0) is 36.7 Å². The highest BCUT2D eigenvalue weighted by molar-refractivity contribution is 9.10. The van der Waals surface area contributed by atoms with Crippen molar-refractivity contribution in [3.05, 3.63) is 20.7 Å². The minimum atomic E-state index is -1.07. The zero-order valence-corrected chi connectivity index (χ0v) is 9.50. The molecule has 0 saturated heterocycles. The Morgan fingerprint density at radius 1 is 1.57 bits per heavy atom. The minimum absolute atomic E-state index is 0.0486. The van der Waals surface area contributed by atoms with Gasteiger partial charge in [0.25, 0.3) is 0 Å². The Morgan fingerprint density at radius 3 is 2.29 bits per heavy atom. The van der Waals surface area contributed by atoms with E-state index < -0.39 is 22.1 Å². The molecule has 0 aromatic carbocycles. The van der Waals surface area contributed by atoms with Crippen molar-refractivity contribution < 1.29 is 9.31 Å². The van der Waals surface area contributed by atoms with Gasteiger partial charge in [-0.2, -0.15) is 4.39 Å². The van der Waals surface area contributed by atoms with E-state index in [0.29, 0.717) is 0 Å². The highest BCUT2D eigenvalue weighted by Crippen LogP contribution is 2.31. The molecule has 0 bridgehead atoms. The van der Waals surface area contributed by atoms with Gasteiger partial charge in [0.2, 0.25) is 0 Å². The van der Waals surface area contributed by atoms with Crippen LogP contribution in [0.2, 0.25) is 0 Å². The van der Waals surface area contributed by atoms with Crippen LogP contribution in [0.5, 0.6) is 0 Å². The Kier molecular flexibility index (Phi) is 2.62. The lowest BCUT2D eigenvalue weighted by atomic mass is 10.1. The van der Waals surface area contributed by atoms with Crippen LogP contribution in [0.25, 0.3) is 0 Å². The normalized spacial score (nSPS) is 11.8. The van der Waals surface area contributed by atoms with Gasteiger partial charge in [-0.1, -0.05) is 0 Å². The Hall–Kier alpha value is -0.980. The second-order valence-electron chi connectivity index (χ2n) is 3.77. The number of hydrogen-bond acceptors (Lipinski definition) is 3. The average Bonchev–Trinajstić information content (AvgIpc) is 2.24. The topological polar surface area (TPSA) is 61.0 Å². The summed E-state index contributed by atoms with van der Waals surface area (Å²) in [6.07, 6.45) is 0. The summed E-state index contributed by atoms with van der Waals surface area (Å²) < 4.78 is 14.3. The Bertz CT molecular complexity index is 383. The molecule has 0 aliphatic heterocycles. The van der Waals surface area contributed by atoms with E-state index >= 15 is 0 Å². The molecule has 0 N–H and O–H groups in total. The van der Waals surface area contributed by atoms with Gasteiger partial charge in [0.05, 0.1) is 10.5 Å². The first kappa shape index (κ1) is 11.1. The van der Waals surface area contributed by atoms with Gasteiger partial charge in [-0.3, -0.25) is 10.1 Å². The van der Waals surface area contributed by atoms with Gasteiger partial charge < -0.3 is 0 Å². The molecule has 0 fully saturated rings. The number of nitrogens with zero attached hydrogens (tertiary/aromatic N) is 3. The zero-order valence-electron chi connectivity index (χ0n) is 7.91. The summed E-state index contributed by atoms with van der Waals surface area (Å²) in [5.74, 6) is -1.07. The summed E-state index contributed by atoms with van der Waals surface area (Å²) in [6.45, 7) is 5.32. The SMILES string of the molecule is CC(C)(C)n1nc(F)c([N+](=O)[O-])c1Br. The number of rotatable bonds is 1. The fourth-order valence-corrected chi connectivity index (χ4v) is 1.88. The van der Waals surface area contributed by atoms with Crippen LogP contribution >= 0.6 is 15.9 Å². The van der Waals surface area contributed by atoms with Gasteiger partial charge in [0.15, 0.2) is 4.60 Å². The fourth-order valence-electron chi connectivity index (χ4n) is 0.960. The average molecular weight is 266 g/mol. The fraction of sp³-hybridized carbons (Fsp3) is 0.571. The lowest BCUT2D eigenvalue weighted by molar-refractivity contribution is -0.388. The van der Waals surface area contributed by atoms with Crippen molar-refractivity contribution in [1.82, 2.24) is 9.78 Å². The van der Waals surface area contributed by atoms with E-state index in [1.165, 1.54) is 4.68 Å². The molecule has 1 aromatic heterocycles. The molecule has 0 atom stereocenters. The first-order chi connectivity index (χ1) is 6.25. The van der Waals surface area contributed by atoms with Crippen LogP contribution in [-0.4, -0.2) is 14.7 Å². The Labute approximate surface area is 88.2 Å². The van der Waals surface area contributed by atoms with Gasteiger partial charge in [-0.15, -0.1) is 5.10 Å². The quantitative estimate of drug-likeness (QED) is 0.579. The van der Waals surface area contributed by atoms with E-state index in [4.69, 9.17) is 0 Å². The molecule has 0 aliphatic rings. The van der Waals surface area contributed by atoms with Crippen molar-refractivity contribution in [2.45, 2.75) is 26.3 Å². The number of aromatic nitrogens is 2. The Balaban J connectivity index is 3.39. The number of hydrogen-bond donors (Lipinski definition) is 0. The van der Waals surface area contributed by atoms with Crippen LogP contribution in [0.15, 0.2) is 4.60 Å². The molecule has 78 valence electrons. The third-order valence-electron chi connectivity index (χ3n) is 1.58. The summed E-state index contributed by atoms with van der Waals surface area (Å²) in [4.78, 5) is 9.67. The third kappa shape index (κ3) is 1.77.